The van der Waals surface area contributed by atoms with Crippen molar-refractivity contribution in [1.29, 1.82) is 0 Å². The van der Waals surface area contributed by atoms with Crippen LogP contribution in [-0.2, 0) is 4.74 Å². The van der Waals surface area contributed by atoms with Crippen molar-refractivity contribution in [2.75, 3.05) is 13.1 Å². The molecule has 23 heavy (non-hydrogen) atoms. The number of rotatable bonds is 2. The monoisotopic (exact) mass is 317 g/mol. The highest BCUT2D eigenvalue weighted by Gasteiger charge is 2.28. The normalized spacial score (nSPS) is 16.3. The van der Waals surface area contributed by atoms with E-state index < -0.39 is 5.60 Å². The predicted molar refractivity (Wildman–Crippen MR) is 91.1 cm³/mol. The molecule has 4 nitrogen and oxygen atoms in total. The molecule has 0 bridgehead atoms. The van der Waals surface area contributed by atoms with Crippen molar-refractivity contribution in [3.63, 3.8) is 0 Å². The van der Waals surface area contributed by atoms with Crippen molar-refractivity contribution < 1.29 is 14.3 Å². The third kappa shape index (κ3) is 4.12. The van der Waals surface area contributed by atoms with E-state index in [1.165, 1.54) is 11.1 Å². The molecule has 4 heteroatoms. The van der Waals surface area contributed by atoms with E-state index in [0.29, 0.717) is 19.0 Å². The molecule has 1 aromatic carbocycles. The molecule has 0 atom stereocenters. The Morgan fingerprint density at radius 3 is 2.30 bits per heavy atom. The molecular weight excluding hydrogens is 290 g/mol. The summed E-state index contributed by atoms with van der Waals surface area (Å²) in [6.07, 6.45) is 2.55. The summed E-state index contributed by atoms with van der Waals surface area (Å²) >= 11 is 0. The number of benzene rings is 1. The summed E-state index contributed by atoms with van der Waals surface area (Å²) in [5.74, 6) is 0.438. The summed E-state index contributed by atoms with van der Waals surface area (Å²) in [5.41, 5.74) is 3.87. The smallest absolute Gasteiger partial charge is 0.410 e. The van der Waals surface area contributed by atoms with E-state index in [9.17, 15) is 9.59 Å². The Balaban J connectivity index is 2.04. The number of ether oxygens (including phenoxy) is 1. The molecule has 0 unspecified atom stereocenters. The Morgan fingerprint density at radius 2 is 1.78 bits per heavy atom. The van der Waals surface area contributed by atoms with Crippen LogP contribution in [0.2, 0.25) is 0 Å². The van der Waals surface area contributed by atoms with Crippen molar-refractivity contribution in [3.8, 4) is 0 Å². The van der Waals surface area contributed by atoms with Crippen molar-refractivity contribution in [2.24, 2.45) is 0 Å². The van der Waals surface area contributed by atoms with Gasteiger partial charge < -0.3 is 9.64 Å². The molecule has 0 aromatic heterocycles. The van der Waals surface area contributed by atoms with Gasteiger partial charge >= 0.3 is 6.09 Å². The molecule has 0 N–H and O–H groups in total. The Morgan fingerprint density at radius 1 is 1.17 bits per heavy atom. The van der Waals surface area contributed by atoms with E-state index >= 15 is 0 Å². The highest BCUT2D eigenvalue weighted by molar-refractivity contribution is 5.78. The van der Waals surface area contributed by atoms with Gasteiger partial charge in [-0.1, -0.05) is 12.1 Å². The molecule has 1 fully saturated rings. The molecule has 1 amide bonds. The maximum Gasteiger partial charge on any atom is 0.410 e. The maximum absolute atomic E-state index is 12.1. The lowest BCUT2D eigenvalue weighted by Gasteiger charge is -2.34. The van der Waals surface area contributed by atoms with Crippen LogP contribution in [0.5, 0.6) is 0 Å². The summed E-state index contributed by atoms with van der Waals surface area (Å²) in [7, 11) is 0. The standard InChI is InChI=1S/C19H27NO3/c1-13-14(2)17(7-6-16(13)12-21)15-8-10-20(11-9-15)18(22)23-19(3,4)5/h6-7,12,15H,8-11H2,1-5H3. The molecule has 1 heterocycles. The summed E-state index contributed by atoms with van der Waals surface area (Å²) < 4.78 is 5.44. The zero-order chi connectivity index (χ0) is 17.2. The molecule has 0 radical (unpaired) electrons. The molecule has 1 aliphatic heterocycles. The average Bonchev–Trinajstić information content (AvgIpc) is 2.48. The molecule has 2 rings (SSSR count). The van der Waals surface area contributed by atoms with Crippen LogP contribution in [0.3, 0.4) is 0 Å². The first kappa shape index (κ1) is 17.5. The summed E-state index contributed by atoms with van der Waals surface area (Å²) in [6.45, 7) is 11.2. The minimum atomic E-state index is -0.452. The van der Waals surface area contributed by atoms with Crippen LogP contribution < -0.4 is 0 Å². The van der Waals surface area contributed by atoms with E-state index in [-0.39, 0.29) is 6.09 Å². The van der Waals surface area contributed by atoms with Crippen LogP contribution >= 0.6 is 0 Å². The Kier molecular flexibility index (Phi) is 5.12. The average molecular weight is 317 g/mol. The number of amides is 1. The van der Waals surface area contributed by atoms with Crippen molar-refractivity contribution >= 4 is 12.4 Å². The first-order valence-electron chi connectivity index (χ1n) is 8.26. The number of hydrogen-bond donors (Lipinski definition) is 0. The fourth-order valence-electron chi connectivity index (χ4n) is 3.13. The number of aldehydes is 1. The van der Waals surface area contributed by atoms with Gasteiger partial charge in [-0.2, -0.15) is 0 Å². The van der Waals surface area contributed by atoms with Gasteiger partial charge in [0.05, 0.1) is 0 Å². The van der Waals surface area contributed by atoms with Gasteiger partial charge in [-0.3, -0.25) is 4.79 Å². The highest BCUT2D eigenvalue weighted by Crippen LogP contribution is 2.32. The van der Waals surface area contributed by atoms with Gasteiger partial charge in [0.2, 0.25) is 0 Å². The lowest BCUT2D eigenvalue weighted by atomic mass is 9.84. The van der Waals surface area contributed by atoms with Crippen LogP contribution in [0.25, 0.3) is 0 Å². The Labute approximate surface area is 138 Å². The van der Waals surface area contributed by atoms with Gasteiger partial charge in [-0.05, 0) is 70.1 Å². The zero-order valence-corrected chi connectivity index (χ0v) is 14.8. The van der Waals surface area contributed by atoms with Crippen LogP contribution in [0.15, 0.2) is 12.1 Å². The molecule has 1 saturated heterocycles. The van der Waals surface area contributed by atoms with E-state index in [4.69, 9.17) is 4.74 Å². The van der Waals surface area contributed by atoms with E-state index in [1.54, 1.807) is 4.90 Å². The Hall–Kier alpha value is -1.84. The second-order valence-corrected chi connectivity index (χ2v) is 7.35. The number of carbonyl (C=O) groups is 2. The SMILES string of the molecule is Cc1c(C=O)ccc(C2CCN(C(=O)OC(C)(C)C)CC2)c1C. The van der Waals surface area contributed by atoms with Gasteiger partial charge in [0, 0.05) is 18.7 Å². The third-order valence-corrected chi connectivity index (χ3v) is 4.58. The number of piperidine rings is 1. The zero-order valence-electron chi connectivity index (χ0n) is 14.8. The first-order chi connectivity index (χ1) is 10.7. The number of carbonyl (C=O) groups excluding carboxylic acids is 2. The highest BCUT2D eigenvalue weighted by atomic mass is 16.6. The van der Waals surface area contributed by atoms with Crippen LogP contribution in [0, 0.1) is 13.8 Å². The van der Waals surface area contributed by atoms with Gasteiger partial charge in [-0.25, -0.2) is 4.79 Å². The molecule has 0 saturated carbocycles. The quantitative estimate of drug-likeness (QED) is 0.767. The van der Waals surface area contributed by atoms with Crippen LogP contribution in [0.4, 0.5) is 4.79 Å². The lowest BCUT2D eigenvalue weighted by Crippen LogP contribution is -2.41. The third-order valence-electron chi connectivity index (χ3n) is 4.58. The topological polar surface area (TPSA) is 46.6 Å². The number of hydrogen-bond acceptors (Lipinski definition) is 3. The lowest BCUT2D eigenvalue weighted by molar-refractivity contribution is 0.0204. The fraction of sp³-hybridized carbons (Fsp3) is 0.579. The summed E-state index contributed by atoms with van der Waals surface area (Å²) in [6, 6.07) is 3.98. The van der Waals surface area contributed by atoms with Crippen molar-refractivity contribution in [3.05, 3.63) is 34.4 Å². The van der Waals surface area contributed by atoms with Crippen LogP contribution in [-0.4, -0.2) is 36.0 Å². The minimum Gasteiger partial charge on any atom is -0.444 e. The fourth-order valence-corrected chi connectivity index (χ4v) is 3.13. The molecule has 1 aliphatic rings. The summed E-state index contributed by atoms with van der Waals surface area (Å²) in [4.78, 5) is 25.0. The van der Waals surface area contributed by atoms with Crippen molar-refractivity contribution in [2.45, 2.75) is 59.0 Å². The number of nitrogens with zero attached hydrogens (tertiary/aromatic N) is 1. The summed E-state index contributed by atoms with van der Waals surface area (Å²) in [5, 5.41) is 0. The Bertz CT molecular complexity index is 593. The molecular formula is C19H27NO3. The molecule has 0 spiro atoms. The van der Waals surface area contributed by atoms with Crippen molar-refractivity contribution in [1.82, 2.24) is 4.90 Å². The van der Waals surface area contributed by atoms with Gasteiger partial charge in [0.25, 0.3) is 0 Å². The maximum atomic E-state index is 12.1. The van der Waals surface area contributed by atoms with E-state index in [1.807, 2.05) is 33.8 Å². The van der Waals surface area contributed by atoms with Gasteiger partial charge in [0.15, 0.2) is 0 Å². The largest absolute Gasteiger partial charge is 0.444 e. The predicted octanol–water partition coefficient (Wildman–Crippen LogP) is 4.23. The molecule has 0 aliphatic carbocycles. The van der Waals surface area contributed by atoms with Gasteiger partial charge in [0.1, 0.15) is 11.9 Å². The first-order valence-corrected chi connectivity index (χ1v) is 8.26. The van der Waals surface area contributed by atoms with Crippen LogP contribution in [0.1, 0.15) is 66.6 Å². The van der Waals surface area contributed by atoms with E-state index in [0.717, 1.165) is 30.3 Å². The molecule has 1 aromatic rings. The number of likely N-dealkylation sites (tertiary alicyclic amines) is 1. The second-order valence-electron chi connectivity index (χ2n) is 7.35. The van der Waals surface area contributed by atoms with Gasteiger partial charge in [-0.15, -0.1) is 0 Å². The second kappa shape index (κ2) is 6.73. The minimum absolute atomic E-state index is 0.222. The van der Waals surface area contributed by atoms with E-state index in [2.05, 4.69) is 13.0 Å². The molecule has 126 valence electrons.